The van der Waals surface area contributed by atoms with Gasteiger partial charge in [0.15, 0.2) is 6.29 Å². The molecule has 51 heavy (non-hydrogen) atoms. The van der Waals surface area contributed by atoms with Crippen LogP contribution in [0.2, 0.25) is 0 Å². The van der Waals surface area contributed by atoms with Gasteiger partial charge >= 0.3 is 10.1 Å². The first kappa shape index (κ1) is 36.5. The SMILES string of the molecule is COC1OC(CS(=O)(=O)Oc2ccc(-c3ccc(C4C(CCC(O)c5ccc(F)cc5)C(=O)N4c4ccc(F)cc4)cc3)cc2)C(O)C(O)C1O. The smallest absolute Gasteiger partial charge is 0.311 e. The fourth-order valence-corrected chi connectivity index (χ4v) is 7.65. The summed E-state index contributed by atoms with van der Waals surface area (Å²) in [4.78, 5) is 15.0. The molecule has 2 fully saturated rings. The molecule has 1 amide bonds. The normalized spacial score (nSPS) is 25.7. The number of carbonyl (C=O) groups excluding carboxylic acids is 1. The minimum atomic E-state index is -4.31. The van der Waals surface area contributed by atoms with Crippen LogP contribution in [0.25, 0.3) is 11.1 Å². The summed E-state index contributed by atoms with van der Waals surface area (Å²) in [6.07, 6.45) is -7.96. The zero-order valence-electron chi connectivity index (χ0n) is 27.3. The number of aliphatic hydroxyl groups is 4. The van der Waals surface area contributed by atoms with E-state index in [0.29, 0.717) is 17.7 Å². The fraction of sp³-hybridized carbons (Fsp3) is 0.324. The predicted molar refractivity (Wildman–Crippen MR) is 181 cm³/mol. The number of carbonyl (C=O) groups is 1. The molecule has 0 spiro atoms. The summed E-state index contributed by atoms with van der Waals surface area (Å²) in [5, 5.41) is 40.9. The van der Waals surface area contributed by atoms with Crippen molar-refractivity contribution in [3.63, 3.8) is 0 Å². The molecular formula is C37H37F2NO10S. The van der Waals surface area contributed by atoms with E-state index >= 15 is 0 Å². The van der Waals surface area contributed by atoms with Crippen LogP contribution in [0, 0.1) is 17.6 Å². The van der Waals surface area contributed by atoms with Crippen LogP contribution in [0.4, 0.5) is 14.5 Å². The van der Waals surface area contributed by atoms with Gasteiger partial charge in [0, 0.05) is 12.8 Å². The van der Waals surface area contributed by atoms with E-state index in [2.05, 4.69) is 0 Å². The molecule has 0 radical (unpaired) electrons. The first-order valence-corrected chi connectivity index (χ1v) is 17.8. The van der Waals surface area contributed by atoms with Crippen LogP contribution in [-0.4, -0.2) is 78.3 Å². The summed E-state index contributed by atoms with van der Waals surface area (Å²) in [5.41, 5.74) is 3.42. The predicted octanol–water partition coefficient (Wildman–Crippen LogP) is 4.01. The number of methoxy groups -OCH3 is 1. The van der Waals surface area contributed by atoms with Gasteiger partial charge in [-0.25, -0.2) is 8.78 Å². The third-order valence-electron chi connectivity index (χ3n) is 9.26. The Morgan fingerprint density at radius 1 is 0.804 bits per heavy atom. The van der Waals surface area contributed by atoms with E-state index in [4.69, 9.17) is 13.7 Å². The Labute approximate surface area is 293 Å². The standard InChI is InChI=1S/C37H37F2NO10S/c1-48-37-35(44)34(43)33(42)31(49-37)20-51(46,47)50-28-16-8-22(9-17-28)21-2-4-24(5-3-21)32-29(18-19-30(41)23-6-10-25(38)11-7-23)36(45)40(32)27-14-12-26(39)13-15-27/h2-17,29-35,37,41-44H,18-20H2,1H3. The van der Waals surface area contributed by atoms with Crippen molar-refractivity contribution < 1.29 is 56.1 Å². The molecule has 0 bridgehead atoms. The van der Waals surface area contributed by atoms with Crippen LogP contribution >= 0.6 is 0 Å². The van der Waals surface area contributed by atoms with Gasteiger partial charge in [0.1, 0.15) is 47.6 Å². The third kappa shape index (κ3) is 7.97. The van der Waals surface area contributed by atoms with Gasteiger partial charge in [0.25, 0.3) is 0 Å². The van der Waals surface area contributed by atoms with Crippen molar-refractivity contribution in [3.8, 4) is 16.9 Å². The molecule has 4 aromatic carbocycles. The van der Waals surface area contributed by atoms with E-state index in [-0.39, 0.29) is 18.1 Å². The number of nitrogens with zero attached hydrogens (tertiary/aromatic N) is 1. The highest BCUT2D eigenvalue weighted by atomic mass is 32.2. The molecule has 0 aliphatic carbocycles. The van der Waals surface area contributed by atoms with Gasteiger partial charge < -0.3 is 39.0 Å². The van der Waals surface area contributed by atoms with Crippen molar-refractivity contribution in [1.29, 1.82) is 0 Å². The van der Waals surface area contributed by atoms with Gasteiger partial charge in [0.05, 0.1) is 18.1 Å². The van der Waals surface area contributed by atoms with E-state index in [1.54, 1.807) is 17.0 Å². The average Bonchev–Trinajstić information content (AvgIpc) is 3.12. The Hall–Kier alpha value is -4.28. The number of halogens is 2. The lowest BCUT2D eigenvalue weighted by molar-refractivity contribution is -0.285. The Bertz CT molecular complexity index is 1910. The second-order valence-corrected chi connectivity index (χ2v) is 14.2. The summed E-state index contributed by atoms with van der Waals surface area (Å²) < 4.78 is 68.1. The Morgan fingerprint density at radius 2 is 1.37 bits per heavy atom. The summed E-state index contributed by atoms with van der Waals surface area (Å²) in [6, 6.07) is 24.5. The summed E-state index contributed by atoms with van der Waals surface area (Å²) in [7, 11) is -3.11. The maximum Gasteiger partial charge on any atom is 0.311 e. The molecular weight excluding hydrogens is 688 g/mol. The van der Waals surface area contributed by atoms with E-state index in [9.17, 15) is 42.4 Å². The summed E-state index contributed by atoms with van der Waals surface area (Å²) >= 11 is 0. The molecule has 8 unspecified atom stereocenters. The zero-order valence-corrected chi connectivity index (χ0v) is 28.1. The van der Waals surface area contributed by atoms with Gasteiger partial charge in [0.2, 0.25) is 5.91 Å². The van der Waals surface area contributed by atoms with Crippen LogP contribution in [0.3, 0.4) is 0 Å². The summed E-state index contributed by atoms with van der Waals surface area (Å²) in [5.74, 6) is -2.29. The molecule has 14 heteroatoms. The fourth-order valence-electron chi connectivity index (χ4n) is 6.50. The maximum atomic E-state index is 13.7. The number of β-lactam (4-membered cyclic amide) rings is 1. The van der Waals surface area contributed by atoms with Gasteiger partial charge in [-0.05, 0) is 83.6 Å². The molecule has 4 aromatic rings. The van der Waals surface area contributed by atoms with E-state index < -0.39 is 76.3 Å². The van der Waals surface area contributed by atoms with Gasteiger partial charge in [-0.1, -0.05) is 48.5 Å². The molecule has 2 aliphatic rings. The highest BCUT2D eigenvalue weighted by molar-refractivity contribution is 7.87. The second kappa shape index (κ2) is 15.1. The Kier molecular flexibility index (Phi) is 10.8. The molecule has 270 valence electrons. The number of ether oxygens (including phenoxy) is 2. The Morgan fingerprint density at radius 3 is 1.96 bits per heavy atom. The largest absolute Gasteiger partial charge is 0.388 e. The number of hydrogen-bond donors (Lipinski definition) is 4. The lowest BCUT2D eigenvalue weighted by Gasteiger charge is -2.48. The summed E-state index contributed by atoms with van der Waals surface area (Å²) in [6.45, 7) is 0. The van der Waals surface area contributed by atoms with Crippen molar-refractivity contribution in [3.05, 3.63) is 120 Å². The minimum absolute atomic E-state index is 0.00173. The molecule has 6 rings (SSSR count). The van der Waals surface area contributed by atoms with Crippen molar-refractivity contribution >= 4 is 21.7 Å². The number of aliphatic hydroxyl groups excluding tert-OH is 4. The van der Waals surface area contributed by atoms with Crippen LogP contribution in [0.15, 0.2) is 97.1 Å². The lowest BCUT2D eigenvalue weighted by Crippen LogP contribution is -2.59. The highest BCUT2D eigenvalue weighted by Gasteiger charge is 2.49. The molecule has 2 heterocycles. The number of benzene rings is 4. The van der Waals surface area contributed by atoms with Crippen molar-refractivity contribution in [2.45, 2.75) is 55.7 Å². The number of hydrogen-bond acceptors (Lipinski definition) is 10. The minimum Gasteiger partial charge on any atom is -0.388 e. The first-order valence-electron chi connectivity index (χ1n) is 16.2. The molecule has 2 saturated heterocycles. The van der Waals surface area contributed by atoms with Crippen molar-refractivity contribution in [1.82, 2.24) is 0 Å². The first-order chi connectivity index (χ1) is 24.3. The Balaban J connectivity index is 1.14. The van der Waals surface area contributed by atoms with Crippen molar-refractivity contribution in [2.24, 2.45) is 5.92 Å². The van der Waals surface area contributed by atoms with Crippen molar-refractivity contribution in [2.75, 3.05) is 17.8 Å². The molecule has 0 aromatic heterocycles. The molecule has 0 saturated carbocycles. The van der Waals surface area contributed by atoms with Gasteiger partial charge in [-0.15, -0.1) is 0 Å². The third-order valence-corrected chi connectivity index (χ3v) is 10.4. The molecule has 4 N–H and O–H groups in total. The molecule has 8 atom stereocenters. The maximum absolute atomic E-state index is 13.7. The number of rotatable bonds is 12. The number of anilines is 1. The van der Waals surface area contributed by atoms with Gasteiger partial charge in [-0.3, -0.25) is 4.79 Å². The van der Waals surface area contributed by atoms with E-state index in [1.165, 1.54) is 67.8 Å². The second-order valence-electron chi connectivity index (χ2n) is 12.6. The lowest BCUT2D eigenvalue weighted by atomic mass is 9.78. The zero-order chi connectivity index (χ0) is 36.4. The van der Waals surface area contributed by atoms with Crippen LogP contribution in [0.5, 0.6) is 5.75 Å². The molecule has 11 nitrogen and oxygen atoms in total. The van der Waals surface area contributed by atoms with E-state index in [0.717, 1.165) is 16.7 Å². The van der Waals surface area contributed by atoms with Crippen LogP contribution in [0.1, 0.15) is 36.1 Å². The van der Waals surface area contributed by atoms with Gasteiger partial charge in [-0.2, -0.15) is 8.42 Å². The highest BCUT2D eigenvalue weighted by Crippen LogP contribution is 2.46. The number of amides is 1. The quantitative estimate of drug-likeness (QED) is 0.124. The average molecular weight is 726 g/mol. The van der Waals surface area contributed by atoms with E-state index in [1.807, 2.05) is 24.3 Å². The van der Waals surface area contributed by atoms with Crippen LogP contribution in [-0.2, 0) is 24.4 Å². The topological polar surface area (TPSA) is 163 Å². The monoisotopic (exact) mass is 725 g/mol. The molecule has 2 aliphatic heterocycles. The van der Waals surface area contributed by atoms with Crippen LogP contribution < -0.4 is 9.08 Å².